The highest BCUT2D eigenvalue weighted by atomic mass is 79.9. The molecule has 2 rings (SSSR count). The summed E-state index contributed by atoms with van der Waals surface area (Å²) >= 11 is 8.44. The van der Waals surface area contributed by atoms with Crippen LogP contribution in [-0.4, -0.2) is 36.6 Å². The van der Waals surface area contributed by atoms with Crippen molar-refractivity contribution in [3.63, 3.8) is 0 Å². The number of piperazine rings is 1. The highest BCUT2D eigenvalue weighted by Crippen LogP contribution is 2.24. The number of thiocarbonyl (C=S) groups is 1. The zero-order chi connectivity index (χ0) is 11.5. The Morgan fingerprint density at radius 3 is 2.50 bits per heavy atom. The highest BCUT2D eigenvalue weighted by Gasteiger charge is 2.16. The molecule has 1 aliphatic rings. The third-order valence-electron chi connectivity index (χ3n) is 2.96. The summed E-state index contributed by atoms with van der Waals surface area (Å²) in [5.41, 5.74) is 4.43. The van der Waals surface area contributed by atoms with Gasteiger partial charge in [0.1, 0.15) is 0 Å². The molecular formula is C12H15BrN2S. The van der Waals surface area contributed by atoms with E-state index in [1.165, 1.54) is 11.3 Å². The van der Waals surface area contributed by atoms with Gasteiger partial charge < -0.3 is 9.80 Å². The molecule has 0 atom stereocenters. The topological polar surface area (TPSA) is 6.48 Å². The average Bonchev–Trinajstić information content (AvgIpc) is 2.29. The van der Waals surface area contributed by atoms with Gasteiger partial charge in [0, 0.05) is 36.3 Å². The number of hydrogen-bond donors (Lipinski definition) is 0. The van der Waals surface area contributed by atoms with Crippen LogP contribution >= 0.6 is 28.1 Å². The molecule has 1 fully saturated rings. The first-order valence-electron chi connectivity index (χ1n) is 5.41. The Bertz CT molecular complexity index is 387. The zero-order valence-electron chi connectivity index (χ0n) is 9.32. The van der Waals surface area contributed by atoms with Gasteiger partial charge in [-0.25, -0.2) is 0 Å². The Labute approximate surface area is 110 Å². The van der Waals surface area contributed by atoms with E-state index in [1.54, 1.807) is 5.49 Å². The Morgan fingerprint density at radius 2 is 1.94 bits per heavy atom. The van der Waals surface area contributed by atoms with Gasteiger partial charge >= 0.3 is 0 Å². The molecule has 86 valence electrons. The van der Waals surface area contributed by atoms with E-state index in [4.69, 9.17) is 12.2 Å². The second-order valence-corrected chi connectivity index (χ2v) is 5.19. The minimum atomic E-state index is 1.03. The predicted molar refractivity (Wildman–Crippen MR) is 76.3 cm³/mol. The van der Waals surface area contributed by atoms with Gasteiger partial charge in [0.25, 0.3) is 0 Å². The van der Waals surface area contributed by atoms with Crippen molar-refractivity contribution in [1.29, 1.82) is 0 Å². The minimum absolute atomic E-state index is 1.03. The van der Waals surface area contributed by atoms with Crippen molar-refractivity contribution in [2.45, 2.75) is 6.92 Å². The molecule has 16 heavy (non-hydrogen) atoms. The Kier molecular flexibility index (Phi) is 3.82. The van der Waals surface area contributed by atoms with Gasteiger partial charge in [0.2, 0.25) is 0 Å². The van der Waals surface area contributed by atoms with Crippen molar-refractivity contribution >= 4 is 39.3 Å². The van der Waals surface area contributed by atoms with Crippen LogP contribution in [0.5, 0.6) is 0 Å². The third-order valence-corrected chi connectivity index (χ3v) is 3.75. The molecule has 1 aliphatic heterocycles. The molecule has 0 radical (unpaired) electrons. The van der Waals surface area contributed by atoms with E-state index in [9.17, 15) is 0 Å². The lowest BCUT2D eigenvalue weighted by Gasteiger charge is -2.35. The van der Waals surface area contributed by atoms with E-state index in [0.29, 0.717) is 0 Å². The summed E-state index contributed by atoms with van der Waals surface area (Å²) in [4.78, 5) is 4.62. The summed E-state index contributed by atoms with van der Waals surface area (Å²) in [7, 11) is 0. The largest absolute Gasteiger partial charge is 0.368 e. The molecule has 1 heterocycles. The number of halogens is 1. The fraction of sp³-hybridized carbons (Fsp3) is 0.417. The van der Waals surface area contributed by atoms with Gasteiger partial charge in [-0.05, 0) is 30.7 Å². The summed E-state index contributed by atoms with van der Waals surface area (Å²) in [6, 6.07) is 6.46. The van der Waals surface area contributed by atoms with Crippen molar-refractivity contribution < 1.29 is 0 Å². The van der Waals surface area contributed by atoms with Crippen molar-refractivity contribution in [2.75, 3.05) is 31.1 Å². The molecule has 0 amide bonds. The summed E-state index contributed by atoms with van der Waals surface area (Å²) in [5.74, 6) is 0. The van der Waals surface area contributed by atoms with Crippen LogP contribution in [0.4, 0.5) is 5.69 Å². The molecule has 0 N–H and O–H groups in total. The number of hydrogen-bond acceptors (Lipinski definition) is 2. The van der Waals surface area contributed by atoms with Crippen LogP contribution in [0.1, 0.15) is 5.56 Å². The second kappa shape index (κ2) is 5.15. The molecule has 4 heteroatoms. The molecule has 0 spiro atoms. The number of aryl methyl sites for hydroxylation is 1. The highest BCUT2D eigenvalue weighted by molar-refractivity contribution is 9.10. The average molecular weight is 299 g/mol. The van der Waals surface area contributed by atoms with Crippen molar-refractivity contribution in [1.82, 2.24) is 4.90 Å². The SMILES string of the molecule is Cc1cc(Br)ccc1N1CCN(C=S)CC1. The van der Waals surface area contributed by atoms with Gasteiger partial charge in [-0.15, -0.1) is 0 Å². The van der Waals surface area contributed by atoms with Gasteiger partial charge in [-0.1, -0.05) is 28.1 Å². The van der Waals surface area contributed by atoms with Gasteiger partial charge in [0.05, 0.1) is 5.49 Å². The lowest BCUT2D eigenvalue weighted by atomic mass is 10.1. The Balaban J connectivity index is 2.11. The van der Waals surface area contributed by atoms with E-state index >= 15 is 0 Å². The Morgan fingerprint density at radius 1 is 1.25 bits per heavy atom. The van der Waals surface area contributed by atoms with Crippen molar-refractivity contribution in [3.05, 3.63) is 28.2 Å². The number of anilines is 1. The first kappa shape index (κ1) is 11.9. The van der Waals surface area contributed by atoms with E-state index in [0.717, 1.165) is 30.7 Å². The maximum Gasteiger partial charge on any atom is 0.0642 e. The quantitative estimate of drug-likeness (QED) is 0.775. The summed E-state index contributed by atoms with van der Waals surface area (Å²) < 4.78 is 1.14. The zero-order valence-corrected chi connectivity index (χ0v) is 11.7. The number of benzene rings is 1. The molecule has 0 unspecified atom stereocenters. The molecule has 1 aromatic carbocycles. The standard InChI is InChI=1S/C12H15BrN2S/c1-10-8-11(13)2-3-12(10)15-6-4-14(9-16)5-7-15/h2-3,8-9H,4-7H2,1H3. The second-order valence-electron chi connectivity index (χ2n) is 4.06. The normalized spacial score (nSPS) is 16.4. The van der Waals surface area contributed by atoms with Crippen LogP contribution < -0.4 is 4.90 Å². The van der Waals surface area contributed by atoms with Crippen LogP contribution in [0.3, 0.4) is 0 Å². The van der Waals surface area contributed by atoms with E-state index in [-0.39, 0.29) is 0 Å². The van der Waals surface area contributed by atoms with E-state index < -0.39 is 0 Å². The summed E-state index contributed by atoms with van der Waals surface area (Å²) in [5, 5.41) is 0. The van der Waals surface area contributed by atoms with Crippen molar-refractivity contribution in [3.8, 4) is 0 Å². The van der Waals surface area contributed by atoms with Gasteiger partial charge in [0.15, 0.2) is 0 Å². The van der Waals surface area contributed by atoms with Crippen LogP contribution in [0.15, 0.2) is 22.7 Å². The van der Waals surface area contributed by atoms with Crippen molar-refractivity contribution in [2.24, 2.45) is 0 Å². The van der Waals surface area contributed by atoms with Crippen LogP contribution in [0, 0.1) is 6.92 Å². The maximum atomic E-state index is 4.95. The fourth-order valence-corrected chi connectivity index (χ4v) is 2.73. The summed E-state index contributed by atoms with van der Waals surface area (Å²) in [6.07, 6.45) is 0. The van der Waals surface area contributed by atoms with Crippen LogP contribution in [-0.2, 0) is 0 Å². The van der Waals surface area contributed by atoms with Gasteiger partial charge in [-0.3, -0.25) is 0 Å². The lowest BCUT2D eigenvalue weighted by Crippen LogP contribution is -2.45. The van der Waals surface area contributed by atoms with E-state index in [1.807, 2.05) is 0 Å². The molecule has 0 saturated carbocycles. The monoisotopic (exact) mass is 298 g/mol. The van der Waals surface area contributed by atoms with Gasteiger partial charge in [-0.2, -0.15) is 0 Å². The number of rotatable bonds is 2. The molecule has 1 aromatic rings. The first-order chi connectivity index (χ1) is 7.70. The molecular weight excluding hydrogens is 284 g/mol. The van der Waals surface area contributed by atoms with E-state index in [2.05, 4.69) is 50.9 Å². The lowest BCUT2D eigenvalue weighted by molar-refractivity contribution is 0.400. The maximum absolute atomic E-state index is 4.95. The first-order valence-corrected chi connectivity index (χ1v) is 6.67. The smallest absolute Gasteiger partial charge is 0.0642 e. The molecule has 1 saturated heterocycles. The molecule has 2 nitrogen and oxygen atoms in total. The third kappa shape index (κ3) is 2.55. The summed E-state index contributed by atoms with van der Waals surface area (Å²) in [6.45, 7) is 6.31. The molecule has 0 bridgehead atoms. The minimum Gasteiger partial charge on any atom is -0.368 e. The number of nitrogens with zero attached hydrogens (tertiary/aromatic N) is 2. The fourth-order valence-electron chi connectivity index (χ4n) is 2.04. The predicted octanol–water partition coefficient (Wildman–Crippen LogP) is 2.84. The Hall–Kier alpha value is -0.610. The molecule has 0 aliphatic carbocycles. The van der Waals surface area contributed by atoms with Crippen LogP contribution in [0.2, 0.25) is 0 Å². The van der Waals surface area contributed by atoms with Crippen LogP contribution in [0.25, 0.3) is 0 Å². The molecule has 0 aromatic heterocycles.